The Kier molecular flexibility index (Phi) is 16.4. The average Bonchev–Trinajstić information content (AvgIpc) is 3.10. The first-order valence-corrected chi connectivity index (χ1v) is 16.3. The highest BCUT2D eigenvalue weighted by molar-refractivity contribution is 5.89. The van der Waals surface area contributed by atoms with Crippen LogP contribution in [0.3, 0.4) is 0 Å². The van der Waals surface area contributed by atoms with E-state index in [-0.39, 0.29) is 12.0 Å². The Morgan fingerprint density at radius 3 is 2.13 bits per heavy atom. The minimum Gasteiger partial charge on any atom is -0.497 e. The molecule has 0 saturated carbocycles. The van der Waals surface area contributed by atoms with Gasteiger partial charge in [-0.2, -0.15) is 0 Å². The van der Waals surface area contributed by atoms with E-state index in [2.05, 4.69) is 18.8 Å². The van der Waals surface area contributed by atoms with Crippen LogP contribution in [-0.4, -0.2) is 54.3 Å². The Labute approximate surface area is 274 Å². The molecule has 3 aromatic rings. The van der Waals surface area contributed by atoms with Crippen LogP contribution < -0.4 is 4.74 Å². The van der Waals surface area contributed by atoms with Gasteiger partial charge in [-0.3, -0.25) is 0 Å². The maximum atomic E-state index is 12.9. The van der Waals surface area contributed by atoms with E-state index in [1.807, 2.05) is 74.5 Å². The summed E-state index contributed by atoms with van der Waals surface area (Å²) in [5, 5.41) is 21.9. The number of benzene rings is 3. The fraction of sp³-hybridized carbons (Fsp3) is 0.462. The SMILES string of the molecule is CC[C@H](C[C@H](O)[C@@H](C)CCC#C[C@H](OC(=O)c1ccccc1)[C@H](C)[C@@H](O)CCOCc1ccccc1)OCc1ccc(OC)cc1. The first kappa shape index (κ1) is 36.8. The number of rotatable bonds is 19. The first-order valence-electron chi connectivity index (χ1n) is 16.3. The summed E-state index contributed by atoms with van der Waals surface area (Å²) in [5.74, 6) is 6.15. The van der Waals surface area contributed by atoms with Gasteiger partial charge in [0.1, 0.15) is 5.75 Å². The molecular weight excluding hydrogens is 580 g/mol. The van der Waals surface area contributed by atoms with Crippen LogP contribution in [0, 0.1) is 23.7 Å². The van der Waals surface area contributed by atoms with Crippen LogP contribution in [0.25, 0.3) is 0 Å². The maximum absolute atomic E-state index is 12.9. The molecule has 248 valence electrons. The number of esters is 1. The zero-order valence-electron chi connectivity index (χ0n) is 27.6. The van der Waals surface area contributed by atoms with Crippen molar-refractivity contribution in [2.45, 2.75) is 90.5 Å². The van der Waals surface area contributed by atoms with E-state index < -0.39 is 30.2 Å². The molecule has 7 heteroatoms. The average molecular weight is 631 g/mol. The fourth-order valence-corrected chi connectivity index (χ4v) is 4.91. The Morgan fingerprint density at radius 1 is 0.826 bits per heavy atom. The van der Waals surface area contributed by atoms with E-state index >= 15 is 0 Å². The smallest absolute Gasteiger partial charge is 0.339 e. The third-order valence-corrected chi connectivity index (χ3v) is 8.23. The molecule has 0 heterocycles. The van der Waals surface area contributed by atoms with Crippen molar-refractivity contribution >= 4 is 5.97 Å². The number of hydrogen-bond acceptors (Lipinski definition) is 7. The van der Waals surface area contributed by atoms with Gasteiger partial charge in [-0.15, -0.1) is 0 Å². The summed E-state index contributed by atoms with van der Waals surface area (Å²) in [4.78, 5) is 12.9. The molecule has 0 aliphatic rings. The topological polar surface area (TPSA) is 94.5 Å². The van der Waals surface area contributed by atoms with Gasteiger partial charge in [0, 0.05) is 18.9 Å². The monoisotopic (exact) mass is 630 g/mol. The van der Waals surface area contributed by atoms with Crippen molar-refractivity contribution < 1.29 is 34.0 Å². The lowest BCUT2D eigenvalue weighted by atomic mass is 9.93. The second-order valence-electron chi connectivity index (χ2n) is 11.8. The van der Waals surface area contributed by atoms with Crippen LogP contribution in [-0.2, 0) is 27.4 Å². The predicted octanol–water partition coefficient (Wildman–Crippen LogP) is 6.99. The third kappa shape index (κ3) is 13.0. The summed E-state index contributed by atoms with van der Waals surface area (Å²) in [5.41, 5.74) is 2.55. The predicted molar refractivity (Wildman–Crippen MR) is 180 cm³/mol. The molecule has 0 bridgehead atoms. The number of methoxy groups -OCH3 is 1. The molecule has 0 aromatic heterocycles. The normalized spacial score (nSPS) is 15.0. The van der Waals surface area contributed by atoms with Gasteiger partial charge in [0.25, 0.3) is 0 Å². The number of aliphatic hydroxyl groups excluding tert-OH is 2. The minimum atomic E-state index is -0.798. The van der Waals surface area contributed by atoms with Crippen molar-refractivity contribution in [1.82, 2.24) is 0 Å². The van der Waals surface area contributed by atoms with Gasteiger partial charge in [0.15, 0.2) is 6.10 Å². The van der Waals surface area contributed by atoms with E-state index in [0.29, 0.717) is 51.1 Å². The molecule has 0 unspecified atom stereocenters. The summed E-state index contributed by atoms with van der Waals surface area (Å²) in [6.45, 7) is 7.21. The molecule has 6 atom stereocenters. The van der Waals surface area contributed by atoms with Crippen LogP contribution in [0.5, 0.6) is 5.75 Å². The molecule has 0 fully saturated rings. The molecule has 0 spiro atoms. The Bertz CT molecular complexity index is 1320. The van der Waals surface area contributed by atoms with Gasteiger partial charge in [-0.1, -0.05) is 93.3 Å². The summed E-state index contributed by atoms with van der Waals surface area (Å²) in [6.07, 6.45) is 0.738. The van der Waals surface area contributed by atoms with Crippen molar-refractivity contribution in [1.29, 1.82) is 0 Å². The van der Waals surface area contributed by atoms with Crippen LogP contribution in [0.15, 0.2) is 84.9 Å². The largest absolute Gasteiger partial charge is 0.497 e. The molecule has 0 aliphatic heterocycles. The molecule has 0 aliphatic carbocycles. The standard InChI is InChI=1S/C39H50O7/c1-5-34(45-28-32-20-22-35(43-4)23-21-32)26-37(41)29(2)14-12-13-19-38(46-39(42)33-17-10-7-11-18-33)30(3)36(40)24-25-44-27-31-15-8-6-9-16-31/h6-11,15-18,20-23,29-30,34,36-38,40-41H,5,12,14,24-28H2,1-4H3/t29-,30+,34+,36-,37-,38-/m0/s1. The summed E-state index contributed by atoms with van der Waals surface area (Å²) in [6, 6.07) is 26.4. The van der Waals surface area contributed by atoms with Crippen LogP contribution >= 0.6 is 0 Å². The number of aliphatic hydroxyl groups is 2. The van der Waals surface area contributed by atoms with Crippen molar-refractivity contribution in [3.63, 3.8) is 0 Å². The maximum Gasteiger partial charge on any atom is 0.339 e. The van der Waals surface area contributed by atoms with Crippen molar-refractivity contribution in [3.8, 4) is 17.6 Å². The summed E-state index contributed by atoms with van der Waals surface area (Å²) < 4.78 is 22.9. The van der Waals surface area contributed by atoms with E-state index in [1.165, 1.54) is 0 Å². The molecule has 7 nitrogen and oxygen atoms in total. The minimum absolute atomic E-state index is 0.00281. The molecule has 3 aromatic carbocycles. The van der Waals surface area contributed by atoms with Crippen LogP contribution in [0.1, 0.15) is 74.4 Å². The highest BCUT2D eigenvalue weighted by Gasteiger charge is 2.27. The van der Waals surface area contributed by atoms with Gasteiger partial charge in [0.05, 0.1) is 44.2 Å². The van der Waals surface area contributed by atoms with Gasteiger partial charge < -0.3 is 29.2 Å². The lowest BCUT2D eigenvalue weighted by molar-refractivity contribution is -0.0117. The molecule has 0 saturated heterocycles. The number of carbonyl (C=O) groups is 1. The zero-order valence-corrected chi connectivity index (χ0v) is 27.6. The Hall–Kier alpha value is -3.67. The molecule has 0 radical (unpaired) electrons. The molecule has 46 heavy (non-hydrogen) atoms. The van der Waals surface area contributed by atoms with Gasteiger partial charge >= 0.3 is 5.97 Å². The number of hydrogen-bond donors (Lipinski definition) is 2. The van der Waals surface area contributed by atoms with Gasteiger partial charge in [-0.05, 0) is 67.0 Å². The summed E-state index contributed by atoms with van der Waals surface area (Å²) >= 11 is 0. The van der Waals surface area contributed by atoms with E-state index in [4.69, 9.17) is 18.9 Å². The molecule has 3 rings (SSSR count). The van der Waals surface area contributed by atoms with Gasteiger partial charge in [-0.25, -0.2) is 4.79 Å². The lowest BCUT2D eigenvalue weighted by Crippen LogP contribution is -2.33. The van der Waals surface area contributed by atoms with Gasteiger partial charge in [0.2, 0.25) is 0 Å². The quantitative estimate of drug-likeness (QED) is 0.0838. The Balaban J connectivity index is 1.51. The highest BCUT2D eigenvalue weighted by Crippen LogP contribution is 2.21. The van der Waals surface area contributed by atoms with E-state index in [1.54, 1.807) is 31.4 Å². The molecular formula is C39H50O7. The van der Waals surface area contributed by atoms with Crippen LogP contribution in [0.2, 0.25) is 0 Å². The van der Waals surface area contributed by atoms with E-state index in [9.17, 15) is 15.0 Å². The van der Waals surface area contributed by atoms with Crippen LogP contribution in [0.4, 0.5) is 0 Å². The Morgan fingerprint density at radius 2 is 1.48 bits per heavy atom. The second kappa shape index (κ2) is 20.5. The second-order valence-corrected chi connectivity index (χ2v) is 11.8. The highest BCUT2D eigenvalue weighted by atomic mass is 16.5. The van der Waals surface area contributed by atoms with Crippen molar-refractivity contribution in [2.75, 3.05) is 13.7 Å². The van der Waals surface area contributed by atoms with Crippen molar-refractivity contribution in [2.24, 2.45) is 11.8 Å². The number of carbonyl (C=O) groups excluding carboxylic acids is 1. The molecule has 0 amide bonds. The van der Waals surface area contributed by atoms with Crippen molar-refractivity contribution in [3.05, 3.63) is 102 Å². The summed E-state index contributed by atoms with van der Waals surface area (Å²) in [7, 11) is 1.64. The van der Waals surface area contributed by atoms with E-state index in [0.717, 1.165) is 23.3 Å². The third-order valence-electron chi connectivity index (χ3n) is 8.23. The lowest BCUT2D eigenvalue weighted by Gasteiger charge is -2.25. The fourth-order valence-electron chi connectivity index (χ4n) is 4.91. The zero-order chi connectivity index (χ0) is 33.1. The number of ether oxygens (including phenoxy) is 4. The first-order chi connectivity index (χ1) is 22.3. The molecule has 2 N–H and O–H groups in total.